The number of ether oxygens (including phenoxy) is 2. The van der Waals surface area contributed by atoms with Crippen LogP contribution in [0, 0.1) is 0 Å². The number of carboxylic acids is 1. The minimum Gasteiger partial charge on any atom is -0.490 e. The van der Waals surface area contributed by atoms with Gasteiger partial charge in [-0.05, 0) is 50.6 Å². The zero-order valence-electron chi connectivity index (χ0n) is 14.6. The Hall–Kier alpha value is -1.89. The lowest BCUT2D eigenvalue weighted by Gasteiger charge is -2.28. The number of benzene rings is 1. The van der Waals surface area contributed by atoms with Gasteiger partial charge in [0.15, 0.2) is 18.1 Å². The van der Waals surface area contributed by atoms with Gasteiger partial charge in [-0.1, -0.05) is 6.42 Å². The van der Waals surface area contributed by atoms with E-state index in [0.29, 0.717) is 28.9 Å². The number of thioether (sulfide) groups is 1. The number of carbonyl (C=O) groups excluding carboxylic acids is 1. The second-order valence-corrected chi connectivity index (χ2v) is 7.11. The predicted octanol–water partition coefficient (Wildman–Crippen LogP) is 2.95. The summed E-state index contributed by atoms with van der Waals surface area (Å²) in [5, 5.41) is 12.4. The van der Waals surface area contributed by atoms with Gasteiger partial charge in [-0.25, -0.2) is 4.79 Å². The number of rotatable bonds is 8. The molecule has 1 fully saturated rings. The van der Waals surface area contributed by atoms with Gasteiger partial charge < -0.3 is 19.9 Å². The Balaban J connectivity index is 2.05. The largest absolute Gasteiger partial charge is 0.490 e. The van der Waals surface area contributed by atoms with E-state index in [-0.39, 0.29) is 11.9 Å². The maximum atomic E-state index is 12.5. The highest BCUT2D eigenvalue weighted by atomic mass is 32.2. The second kappa shape index (κ2) is 9.56. The highest BCUT2D eigenvalue weighted by molar-refractivity contribution is 7.99. The molecule has 0 saturated heterocycles. The fraction of sp³-hybridized carbons (Fsp3) is 0.556. The van der Waals surface area contributed by atoms with Crippen molar-refractivity contribution in [2.45, 2.75) is 43.9 Å². The quantitative estimate of drug-likeness (QED) is 0.735. The Morgan fingerprint density at radius 1 is 1.28 bits per heavy atom. The van der Waals surface area contributed by atoms with Crippen LogP contribution in [0.2, 0.25) is 0 Å². The van der Waals surface area contributed by atoms with Gasteiger partial charge in [-0.2, -0.15) is 11.8 Å². The Labute approximate surface area is 152 Å². The standard InChI is InChI=1S/C18H25NO5S/c1-3-23-16-9-12(7-8-15(16)24-11-17(20)21)18(22)19-13-5-4-6-14(10-13)25-2/h7-9,13-14H,3-6,10-11H2,1-2H3,(H,19,22)(H,20,21)/t13-,14-/m0/s1. The van der Waals surface area contributed by atoms with E-state index in [1.165, 1.54) is 6.42 Å². The van der Waals surface area contributed by atoms with Crippen molar-refractivity contribution in [2.24, 2.45) is 0 Å². The van der Waals surface area contributed by atoms with E-state index in [0.717, 1.165) is 19.3 Å². The molecule has 0 spiro atoms. The molecule has 1 aliphatic rings. The molecule has 1 aromatic rings. The minimum atomic E-state index is -1.06. The van der Waals surface area contributed by atoms with Gasteiger partial charge in [0.1, 0.15) is 0 Å². The number of hydrogen-bond acceptors (Lipinski definition) is 5. The van der Waals surface area contributed by atoms with Crippen LogP contribution < -0.4 is 14.8 Å². The van der Waals surface area contributed by atoms with Crippen LogP contribution in [0.3, 0.4) is 0 Å². The van der Waals surface area contributed by atoms with Crippen LogP contribution >= 0.6 is 11.8 Å². The third-order valence-electron chi connectivity index (χ3n) is 4.15. The lowest BCUT2D eigenvalue weighted by molar-refractivity contribution is -0.139. The van der Waals surface area contributed by atoms with Gasteiger partial charge >= 0.3 is 5.97 Å². The molecule has 25 heavy (non-hydrogen) atoms. The smallest absolute Gasteiger partial charge is 0.341 e. The third kappa shape index (κ3) is 5.85. The van der Waals surface area contributed by atoms with E-state index < -0.39 is 12.6 Å². The first kappa shape index (κ1) is 19.4. The fourth-order valence-corrected chi connectivity index (χ4v) is 3.76. The average Bonchev–Trinajstić information content (AvgIpc) is 2.60. The molecule has 1 saturated carbocycles. The summed E-state index contributed by atoms with van der Waals surface area (Å²) in [6.07, 6.45) is 6.44. The molecule has 1 aliphatic carbocycles. The van der Waals surface area contributed by atoms with Crippen molar-refractivity contribution in [3.05, 3.63) is 23.8 Å². The van der Waals surface area contributed by atoms with E-state index in [1.54, 1.807) is 18.2 Å². The van der Waals surface area contributed by atoms with Crippen molar-refractivity contribution < 1.29 is 24.2 Å². The fourth-order valence-electron chi connectivity index (χ4n) is 2.94. The van der Waals surface area contributed by atoms with Crippen LogP contribution in [0.15, 0.2) is 18.2 Å². The monoisotopic (exact) mass is 367 g/mol. The van der Waals surface area contributed by atoms with Crippen molar-refractivity contribution in [2.75, 3.05) is 19.5 Å². The van der Waals surface area contributed by atoms with E-state index in [9.17, 15) is 9.59 Å². The number of aliphatic carboxylic acids is 1. The normalized spacial score (nSPS) is 19.9. The van der Waals surface area contributed by atoms with E-state index in [4.69, 9.17) is 14.6 Å². The number of amides is 1. The van der Waals surface area contributed by atoms with Crippen molar-refractivity contribution in [3.8, 4) is 11.5 Å². The summed E-state index contributed by atoms with van der Waals surface area (Å²) in [5.74, 6) is -0.509. The zero-order chi connectivity index (χ0) is 18.2. The molecular weight excluding hydrogens is 342 g/mol. The third-order valence-corrected chi connectivity index (χ3v) is 5.25. The molecule has 0 heterocycles. The molecule has 0 radical (unpaired) electrons. The topological polar surface area (TPSA) is 84.9 Å². The van der Waals surface area contributed by atoms with Crippen LogP contribution in [-0.2, 0) is 4.79 Å². The number of carbonyl (C=O) groups is 2. The molecule has 2 N–H and O–H groups in total. The Morgan fingerprint density at radius 3 is 2.76 bits per heavy atom. The summed E-state index contributed by atoms with van der Waals surface area (Å²) < 4.78 is 10.7. The molecule has 0 bridgehead atoms. The van der Waals surface area contributed by atoms with Crippen LogP contribution in [-0.4, -0.2) is 47.7 Å². The van der Waals surface area contributed by atoms with Crippen molar-refractivity contribution >= 4 is 23.6 Å². The SMILES string of the molecule is CCOc1cc(C(=O)N[C@H]2CCC[C@H](SC)C2)ccc1OCC(=O)O. The average molecular weight is 367 g/mol. The molecule has 6 nitrogen and oxygen atoms in total. The molecule has 7 heteroatoms. The molecule has 0 aromatic heterocycles. The first-order valence-electron chi connectivity index (χ1n) is 8.48. The van der Waals surface area contributed by atoms with E-state index in [2.05, 4.69) is 11.6 Å². The highest BCUT2D eigenvalue weighted by Gasteiger charge is 2.23. The van der Waals surface area contributed by atoms with Gasteiger partial charge in [0.25, 0.3) is 5.91 Å². The van der Waals surface area contributed by atoms with Crippen molar-refractivity contribution in [3.63, 3.8) is 0 Å². The lowest BCUT2D eigenvalue weighted by atomic mass is 9.94. The maximum Gasteiger partial charge on any atom is 0.341 e. The molecule has 0 unspecified atom stereocenters. The van der Waals surface area contributed by atoms with Gasteiger partial charge in [0, 0.05) is 16.9 Å². The van der Waals surface area contributed by atoms with Crippen molar-refractivity contribution in [1.29, 1.82) is 0 Å². The molecule has 2 atom stereocenters. The number of carboxylic acid groups (broad SMARTS) is 1. The first-order valence-corrected chi connectivity index (χ1v) is 9.77. The summed E-state index contributed by atoms with van der Waals surface area (Å²) in [7, 11) is 0. The Bertz CT molecular complexity index is 607. The maximum absolute atomic E-state index is 12.5. The summed E-state index contributed by atoms with van der Waals surface area (Å²) in [6.45, 7) is 1.76. The molecule has 1 amide bonds. The lowest BCUT2D eigenvalue weighted by Crippen LogP contribution is -2.39. The van der Waals surface area contributed by atoms with Crippen LogP contribution in [0.5, 0.6) is 11.5 Å². The zero-order valence-corrected chi connectivity index (χ0v) is 15.4. The highest BCUT2D eigenvalue weighted by Crippen LogP contribution is 2.30. The number of nitrogens with one attached hydrogen (secondary N) is 1. The van der Waals surface area contributed by atoms with Gasteiger partial charge in [-0.15, -0.1) is 0 Å². The summed E-state index contributed by atoms with van der Waals surface area (Å²) in [4.78, 5) is 23.2. The van der Waals surface area contributed by atoms with Gasteiger partial charge in [-0.3, -0.25) is 4.79 Å². The van der Waals surface area contributed by atoms with Crippen molar-refractivity contribution in [1.82, 2.24) is 5.32 Å². The predicted molar refractivity (Wildman–Crippen MR) is 97.8 cm³/mol. The molecule has 2 rings (SSSR count). The summed E-state index contributed by atoms with van der Waals surface area (Å²) >= 11 is 1.86. The summed E-state index contributed by atoms with van der Waals surface area (Å²) in [5.41, 5.74) is 0.484. The van der Waals surface area contributed by atoms with Gasteiger partial charge in [0.05, 0.1) is 6.61 Å². The van der Waals surface area contributed by atoms with Crippen LogP contribution in [0.4, 0.5) is 0 Å². The Morgan fingerprint density at radius 2 is 2.08 bits per heavy atom. The Kier molecular flexibility index (Phi) is 7.43. The van der Waals surface area contributed by atoms with Gasteiger partial charge in [0.2, 0.25) is 0 Å². The minimum absolute atomic E-state index is 0.141. The number of hydrogen-bond donors (Lipinski definition) is 2. The summed E-state index contributed by atoms with van der Waals surface area (Å²) in [6, 6.07) is 5.00. The molecule has 138 valence electrons. The van der Waals surface area contributed by atoms with Crippen LogP contribution in [0.25, 0.3) is 0 Å². The second-order valence-electron chi connectivity index (χ2n) is 5.97. The van der Waals surface area contributed by atoms with E-state index in [1.807, 2.05) is 18.7 Å². The molecular formula is C18H25NO5S. The van der Waals surface area contributed by atoms with E-state index >= 15 is 0 Å². The first-order chi connectivity index (χ1) is 12.0. The van der Waals surface area contributed by atoms with Crippen LogP contribution in [0.1, 0.15) is 43.0 Å². The molecule has 0 aliphatic heterocycles. The molecule has 1 aromatic carbocycles.